The first-order valence-electron chi connectivity index (χ1n) is 9.64. The molecule has 6 nitrogen and oxygen atoms in total. The summed E-state index contributed by atoms with van der Waals surface area (Å²) in [6.45, 7) is 5.30. The van der Waals surface area contributed by atoms with Crippen molar-refractivity contribution in [2.24, 2.45) is 16.6 Å². The first-order chi connectivity index (χ1) is 12.9. The van der Waals surface area contributed by atoms with Crippen LogP contribution in [0.25, 0.3) is 0 Å². The monoisotopic (exact) mass is 521 g/mol. The van der Waals surface area contributed by atoms with Crippen LogP contribution < -0.4 is 11.1 Å². The Labute approximate surface area is 190 Å². The molecule has 2 atom stereocenters. The predicted molar refractivity (Wildman–Crippen MR) is 127 cm³/mol. The fourth-order valence-electron chi connectivity index (χ4n) is 3.56. The molecule has 0 aliphatic carbocycles. The van der Waals surface area contributed by atoms with Crippen molar-refractivity contribution in [3.05, 3.63) is 34.9 Å². The highest BCUT2D eigenvalue weighted by atomic mass is 127. The van der Waals surface area contributed by atoms with Crippen LogP contribution in [-0.2, 0) is 4.79 Å². The van der Waals surface area contributed by atoms with Crippen molar-refractivity contribution in [1.29, 1.82) is 0 Å². The Balaban J connectivity index is 0.00000392. The van der Waals surface area contributed by atoms with E-state index < -0.39 is 0 Å². The van der Waals surface area contributed by atoms with E-state index >= 15 is 0 Å². The Hall–Kier alpha value is -1.06. The van der Waals surface area contributed by atoms with Gasteiger partial charge in [0.05, 0.1) is 12.6 Å². The number of likely N-dealkylation sites (N-methyl/N-ethyl adjacent to an activating group) is 1. The molecule has 8 heteroatoms. The molecule has 1 heterocycles. The molecule has 0 aromatic heterocycles. The standard InChI is InChI=1S/C20H32ClN5O.HI/c1-4-23-20(26-11-5-6-15(14-26)12-19(22)27)24-13-18(25(2)3)16-7-9-17(21)10-8-16;/h7-10,15,18H,4-6,11-14H2,1-3H3,(H2,22,27)(H,23,24);1H. The fraction of sp³-hybridized carbons (Fsp3) is 0.600. The highest BCUT2D eigenvalue weighted by molar-refractivity contribution is 14.0. The molecule has 1 saturated heterocycles. The van der Waals surface area contributed by atoms with Crippen molar-refractivity contribution in [3.8, 4) is 0 Å². The summed E-state index contributed by atoms with van der Waals surface area (Å²) in [5.74, 6) is 0.993. The molecule has 2 rings (SSSR count). The number of primary amides is 1. The van der Waals surface area contributed by atoms with Gasteiger partial charge in [-0.2, -0.15) is 0 Å². The minimum Gasteiger partial charge on any atom is -0.370 e. The number of nitrogens with zero attached hydrogens (tertiary/aromatic N) is 3. The molecular formula is C20H33ClIN5O. The molecule has 0 radical (unpaired) electrons. The number of carbonyl (C=O) groups excluding carboxylic acids is 1. The number of carbonyl (C=O) groups is 1. The minimum atomic E-state index is -0.223. The number of likely N-dealkylation sites (tertiary alicyclic amines) is 1. The van der Waals surface area contributed by atoms with Crippen molar-refractivity contribution >= 4 is 47.4 Å². The number of nitrogens with one attached hydrogen (secondary N) is 1. The van der Waals surface area contributed by atoms with Gasteiger partial charge in [0.1, 0.15) is 0 Å². The zero-order valence-electron chi connectivity index (χ0n) is 17.0. The lowest BCUT2D eigenvalue weighted by Gasteiger charge is -2.35. The molecule has 158 valence electrons. The van der Waals surface area contributed by atoms with Crippen LogP contribution in [0.2, 0.25) is 5.02 Å². The molecule has 0 saturated carbocycles. The number of halogens is 2. The Bertz CT molecular complexity index is 638. The molecular weight excluding hydrogens is 489 g/mol. The number of nitrogens with two attached hydrogens (primary N) is 1. The first kappa shape index (κ1) is 25.0. The van der Waals surface area contributed by atoms with Gasteiger partial charge < -0.3 is 20.9 Å². The molecule has 3 N–H and O–H groups in total. The number of hydrogen-bond donors (Lipinski definition) is 2. The summed E-state index contributed by atoms with van der Waals surface area (Å²) in [4.78, 5) is 20.6. The molecule has 1 amide bonds. The number of aliphatic imine (C=N–C) groups is 1. The predicted octanol–water partition coefficient (Wildman–Crippen LogP) is 3.11. The third kappa shape index (κ3) is 7.75. The van der Waals surface area contributed by atoms with Gasteiger partial charge >= 0.3 is 0 Å². The van der Waals surface area contributed by atoms with Gasteiger partial charge in [0.2, 0.25) is 5.91 Å². The van der Waals surface area contributed by atoms with Crippen LogP contribution in [0, 0.1) is 5.92 Å². The summed E-state index contributed by atoms with van der Waals surface area (Å²) < 4.78 is 0. The summed E-state index contributed by atoms with van der Waals surface area (Å²) in [6, 6.07) is 8.11. The summed E-state index contributed by atoms with van der Waals surface area (Å²) in [6.07, 6.45) is 2.54. The molecule has 1 aliphatic heterocycles. The minimum absolute atomic E-state index is 0. The van der Waals surface area contributed by atoms with E-state index in [0.717, 1.165) is 43.5 Å². The van der Waals surface area contributed by atoms with Crippen molar-refractivity contribution in [1.82, 2.24) is 15.1 Å². The molecule has 1 fully saturated rings. The highest BCUT2D eigenvalue weighted by Crippen LogP contribution is 2.22. The number of hydrogen-bond acceptors (Lipinski definition) is 3. The van der Waals surface area contributed by atoms with E-state index in [-0.39, 0.29) is 35.9 Å². The lowest BCUT2D eigenvalue weighted by atomic mass is 9.95. The number of rotatable bonds is 7. The van der Waals surface area contributed by atoms with Gasteiger partial charge in [-0.25, -0.2) is 0 Å². The van der Waals surface area contributed by atoms with Gasteiger partial charge in [-0.1, -0.05) is 23.7 Å². The fourth-order valence-corrected chi connectivity index (χ4v) is 3.69. The third-order valence-corrected chi connectivity index (χ3v) is 5.19. The number of amides is 1. The molecule has 1 aromatic carbocycles. The zero-order chi connectivity index (χ0) is 19.8. The van der Waals surface area contributed by atoms with Crippen molar-refractivity contribution in [2.45, 2.75) is 32.2 Å². The van der Waals surface area contributed by atoms with Gasteiger partial charge in [0, 0.05) is 31.1 Å². The smallest absolute Gasteiger partial charge is 0.217 e. The quantitative estimate of drug-likeness (QED) is 0.329. The lowest BCUT2D eigenvalue weighted by Crippen LogP contribution is -2.47. The van der Waals surface area contributed by atoms with Crippen LogP contribution in [0.15, 0.2) is 29.3 Å². The number of piperidine rings is 1. The zero-order valence-corrected chi connectivity index (χ0v) is 20.1. The third-order valence-electron chi connectivity index (χ3n) is 4.94. The van der Waals surface area contributed by atoms with Gasteiger partial charge in [0.15, 0.2) is 5.96 Å². The average Bonchev–Trinajstić information content (AvgIpc) is 2.62. The van der Waals surface area contributed by atoms with E-state index in [1.54, 1.807) is 0 Å². The summed E-state index contributed by atoms with van der Waals surface area (Å²) in [5.41, 5.74) is 6.58. The Morgan fingerprint density at radius 1 is 1.39 bits per heavy atom. The molecule has 28 heavy (non-hydrogen) atoms. The van der Waals surface area contributed by atoms with Crippen LogP contribution in [0.3, 0.4) is 0 Å². The Morgan fingerprint density at radius 2 is 2.07 bits per heavy atom. The van der Waals surface area contributed by atoms with E-state index in [4.69, 9.17) is 22.3 Å². The lowest BCUT2D eigenvalue weighted by molar-refractivity contribution is -0.119. The number of guanidine groups is 1. The first-order valence-corrected chi connectivity index (χ1v) is 10.0. The topological polar surface area (TPSA) is 74.0 Å². The van der Waals surface area contributed by atoms with E-state index in [1.807, 2.05) is 12.1 Å². The van der Waals surface area contributed by atoms with Crippen molar-refractivity contribution < 1.29 is 4.79 Å². The van der Waals surface area contributed by atoms with Crippen molar-refractivity contribution in [2.75, 3.05) is 40.3 Å². The second-order valence-electron chi connectivity index (χ2n) is 7.35. The largest absolute Gasteiger partial charge is 0.370 e. The molecule has 0 bridgehead atoms. The van der Waals surface area contributed by atoms with Crippen LogP contribution in [0.4, 0.5) is 0 Å². The molecule has 1 aromatic rings. The van der Waals surface area contributed by atoms with E-state index in [9.17, 15) is 4.79 Å². The van der Waals surface area contributed by atoms with Crippen LogP contribution in [0.5, 0.6) is 0 Å². The average molecular weight is 522 g/mol. The molecule has 2 unspecified atom stereocenters. The highest BCUT2D eigenvalue weighted by Gasteiger charge is 2.24. The molecule has 0 spiro atoms. The second-order valence-corrected chi connectivity index (χ2v) is 7.79. The Morgan fingerprint density at radius 3 is 2.64 bits per heavy atom. The van der Waals surface area contributed by atoms with Gasteiger partial charge in [-0.3, -0.25) is 9.79 Å². The van der Waals surface area contributed by atoms with Gasteiger partial charge in [0.25, 0.3) is 0 Å². The van der Waals surface area contributed by atoms with Gasteiger partial charge in [-0.05, 0) is 57.5 Å². The van der Waals surface area contributed by atoms with Crippen molar-refractivity contribution in [3.63, 3.8) is 0 Å². The molecule has 1 aliphatic rings. The van der Waals surface area contributed by atoms with E-state index in [0.29, 0.717) is 18.9 Å². The summed E-state index contributed by atoms with van der Waals surface area (Å²) in [5, 5.41) is 4.14. The maximum absolute atomic E-state index is 11.3. The summed E-state index contributed by atoms with van der Waals surface area (Å²) in [7, 11) is 4.12. The van der Waals surface area contributed by atoms with Crippen LogP contribution in [0.1, 0.15) is 37.8 Å². The van der Waals surface area contributed by atoms with E-state index in [1.165, 1.54) is 5.56 Å². The van der Waals surface area contributed by atoms with Crippen LogP contribution in [-0.4, -0.2) is 61.9 Å². The number of benzene rings is 1. The normalized spacial score (nSPS) is 18.5. The SMILES string of the molecule is CCNC(=NCC(c1ccc(Cl)cc1)N(C)C)N1CCCC(CC(N)=O)C1.I. The Kier molecular flexibility index (Phi) is 11.1. The van der Waals surface area contributed by atoms with E-state index in [2.05, 4.69) is 48.3 Å². The maximum Gasteiger partial charge on any atom is 0.217 e. The van der Waals surface area contributed by atoms with Gasteiger partial charge in [-0.15, -0.1) is 24.0 Å². The summed E-state index contributed by atoms with van der Waals surface area (Å²) >= 11 is 6.03. The second kappa shape index (κ2) is 12.5. The maximum atomic E-state index is 11.3. The van der Waals surface area contributed by atoms with Crippen LogP contribution >= 0.6 is 35.6 Å².